The summed E-state index contributed by atoms with van der Waals surface area (Å²) in [7, 11) is 2.00. The fourth-order valence-corrected chi connectivity index (χ4v) is 1.92. The van der Waals surface area contributed by atoms with Crippen molar-refractivity contribution in [2.75, 3.05) is 13.7 Å². The van der Waals surface area contributed by atoms with Gasteiger partial charge >= 0.3 is 0 Å². The monoisotopic (exact) mass is 171 g/mol. The van der Waals surface area contributed by atoms with E-state index in [0.717, 1.165) is 0 Å². The fourth-order valence-electron chi connectivity index (χ4n) is 1.92. The Labute approximate surface area is 75.4 Å². The lowest BCUT2D eigenvalue weighted by atomic mass is 9.90. The van der Waals surface area contributed by atoms with Gasteiger partial charge in [-0.1, -0.05) is 13.8 Å². The topological polar surface area (TPSA) is 32.3 Å². The summed E-state index contributed by atoms with van der Waals surface area (Å²) in [4.78, 5) is 0. The average molecular weight is 171 g/mol. The van der Waals surface area contributed by atoms with Gasteiger partial charge < -0.3 is 10.4 Å². The number of aliphatic hydroxyl groups excluding tert-OH is 1. The first-order valence-corrected chi connectivity index (χ1v) is 4.93. The van der Waals surface area contributed by atoms with E-state index in [4.69, 9.17) is 0 Å². The molecule has 2 heteroatoms. The van der Waals surface area contributed by atoms with Gasteiger partial charge in [0, 0.05) is 11.5 Å². The molecular weight excluding hydrogens is 150 g/mol. The first-order chi connectivity index (χ1) is 5.64. The van der Waals surface area contributed by atoms with Gasteiger partial charge in [0.1, 0.15) is 0 Å². The maximum absolute atomic E-state index is 9.23. The Morgan fingerprint density at radius 2 is 2.00 bits per heavy atom. The SMILES string of the molecule is CNC(CC(C)C)C1(CO)CC1. The number of hydrogen-bond donors (Lipinski definition) is 2. The summed E-state index contributed by atoms with van der Waals surface area (Å²) in [6.45, 7) is 4.82. The Balaban J connectivity index is 2.44. The molecule has 2 N–H and O–H groups in total. The van der Waals surface area contributed by atoms with E-state index in [-0.39, 0.29) is 5.41 Å². The van der Waals surface area contributed by atoms with Gasteiger partial charge in [0.05, 0.1) is 6.61 Å². The van der Waals surface area contributed by atoms with Gasteiger partial charge in [0.15, 0.2) is 0 Å². The molecule has 0 aliphatic heterocycles. The van der Waals surface area contributed by atoms with Gasteiger partial charge in [0.2, 0.25) is 0 Å². The molecule has 0 amide bonds. The first kappa shape index (κ1) is 10.0. The molecule has 1 aliphatic rings. The lowest BCUT2D eigenvalue weighted by Crippen LogP contribution is -2.38. The lowest BCUT2D eigenvalue weighted by molar-refractivity contribution is 0.163. The molecule has 0 aromatic heterocycles. The van der Waals surface area contributed by atoms with Gasteiger partial charge in [0.25, 0.3) is 0 Å². The predicted octanol–water partition coefficient (Wildman–Crippen LogP) is 1.39. The van der Waals surface area contributed by atoms with E-state index in [1.165, 1.54) is 19.3 Å². The second-order valence-electron chi connectivity index (χ2n) is 4.49. The highest BCUT2D eigenvalue weighted by atomic mass is 16.3. The van der Waals surface area contributed by atoms with Crippen molar-refractivity contribution < 1.29 is 5.11 Å². The Bertz CT molecular complexity index is 141. The smallest absolute Gasteiger partial charge is 0.0502 e. The van der Waals surface area contributed by atoms with Crippen molar-refractivity contribution in [1.29, 1.82) is 0 Å². The number of aliphatic hydroxyl groups is 1. The molecule has 0 radical (unpaired) electrons. The molecule has 1 atom stereocenters. The lowest BCUT2D eigenvalue weighted by Gasteiger charge is -2.26. The molecule has 0 heterocycles. The van der Waals surface area contributed by atoms with Crippen molar-refractivity contribution in [2.45, 2.75) is 39.2 Å². The summed E-state index contributed by atoms with van der Waals surface area (Å²) in [5.41, 5.74) is 0.235. The van der Waals surface area contributed by atoms with Crippen molar-refractivity contribution in [3.05, 3.63) is 0 Å². The zero-order valence-electron chi connectivity index (χ0n) is 8.43. The Hall–Kier alpha value is -0.0800. The molecule has 12 heavy (non-hydrogen) atoms. The molecule has 2 nitrogen and oxygen atoms in total. The van der Waals surface area contributed by atoms with Crippen LogP contribution in [0.25, 0.3) is 0 Å². The van der Waals surface area contributed by atoms with E-state index in [1.807, 2.05) is 7.05 Å². The second kappa shape index (κ2) is 3.75. The van der Waals surface area contributed by atoms with Crippen molar-refractivity contribution in [3.63, 3.8) is 0 Å². The quantitative estimate of drug-likeness (QED) is 0.655. The van der Waals surface area contributed by atoms with Crippen LogP contribution in [0.15, 0.2) is 0 Å². The van der Waals surface area contributed by atoms with Crippen LogP contribution >= 0.6 is 0 Å². The normalized spacial score (nSPS) is 22.8. The van der Waals surface area contributed by atoms with Crippen LogP contribution in [-0.4, -0.2) is 24.8 Å². The zero-order valence-corrected chi connectivity index (χ0v) is 8.43. The molecule has 1 unspecified atom stereocenters. The highest BCUT2D eigenvalue weighted by Gasteiger charge is 2.48. The van der Waals surface area contributed by atoms with Crippen molar-refractivity contribution >= 4 is 0 Å². The molecular formula is C10H21NO. The standard InChI is InChI=1S/C10H21NO/c1-8(2)6-9(11-3)10(7-12)4-5-10/h8-9,11-12H,4-7H2,1-3H3. The summed E-state index contributed by atoms with van der Waals surface area (Å²) in [5, 5.41) is 12.6. The van der Waals surface area contributed by atoms with E-state index in [2.05, 4.69) is 19.2 Å². The van der Waals surface area contributed by atoms with Crippen molar-refractivity contribution in [1.82, 2.24) is 5.32 Å². The molecule has 0 bridgehead atoms. The largest absolute Gasteiger partial charge is 0.396 e. The molecule has 0 aromatic carbocycles. The van der Waals surface area contributed by atoms with Crippen LogP contribution in [0.2, 0.25) is 0 Å². The van der Waals surface area contributed by atoms with Crippen molar-refractivity contribution in [3.8, 4) is 0 Å². The third kappa shape index (κ3) is 1.99. The molecule has 72 valence electrons. The average Bonchev–Trinajstić information content (AvgIpc) is 2.80. The highest BCUT2D eigenvalue weighted by molar-refractivity contribution is 5.01. The van der Waals surface area contributed by atoms with Crippen LogP contribution in [0.5, 0.6) is 0 Å². The summed E-state index contributed by atoms with van der Waals surface area (Å²) >= 11 is 0. The minimum atomic E-state index is 0.235. The predicted molar refractivity (Wildman–Crippen MR) is 51.1 cm³/mol. The van der Waals surface area contributed by atoms with Gasteiger partial charge in [-0.25, -0.2) is 0 Å². The van der Waals surface area contributed by atoms with E-state index in [1.54, 1.807) is 0 Å². The van der Waals surface area contributed by atoms with Crippen molar-refractivity contribution in [2.24, 2.45) is 11.3 Å². The summed E-state index contributed by atoms with van der Waals surface area (Å²) in [6, 6.07) is 0.516. The molecule has 1 aliphatic carbocycles. The van der Waals surface area contributed by atoms with E-state index < -0.39 is 0 Å². The van der Waals surface area contributed by atoms with Crippen LogP contribution in [-0.2, 0) is 0 Å². The highest BCUT2D eigenvalue weighted by Crippen LogP contribution is 2.49. The fraction of sp³-hybridized carbons (Fsp3) is 1.00. The third-order valence-corrected chi connectivity index (χ3v) is 3.00. The van der Waals surface area contributed by atoms with Gasteiger partial charge in [-0.05, 0) is 32.2 Å². The van der Waals surface area contributed by atoms with E-state index in [0.29, 0.717) is 18.6 Å². The minimum absolute atomic E-state index is 0.235. The second-order valence-corrected chi connectivity index (χ2v) is 4.49. The maximum atomic E-state index is 9.23. The van der Waals surface area contributed by atoms with Crippen LogP contribution in [0.3, 0.4) is 0 Å². The third-order valence-electron chi connectivity index (χ3n) is 3.00. The number of nitrogens with one attached hydrogen (secondary N) is 1. The van der Waals surface area contributed by atoms with Crippen LogP contribution in [0, 0.1) is 11.3 Å². The molecule has 1 rings (SSSR count). The molecule has 0 aromatic rings. The van der Waals surface area contributed by atoms with E-state index >= 15 is 0 Å². The molecule has 1 saturated carbocycles. The maximum Gasteiger partial charge on any atom is 0.0502 e. The minimum Gasteiger partial charge on any atom is -0.396 e. The van der Waals surface area contributed by atoms with Gasteiger partial charge in [-0.3, -0.25) is 0 Å². The molecule has 0 spiro atoms. The molecule has 1 fully saturated rings. The Kier molecular flexibility index (Phi) is 3.13. The van der Waals surface area contributed by atoms with E-state index in [9.17, 15) is 5.11 Å². The number of rotatable bonds is 5. The van der Waals surface area contributed by atoms with Gasteiger partial charge in [-0.2, -0.15) is 0 Å². The first-order valence-electron chi connectivity index (χ1n) is 4.93. The summed E-state index contributed by atoms with van der Waals surface area (Å²) in [5.74, 6) is 0.714. The Morgan fingerprint density at radius 1 is 1.42 bits per heavy atom. The van der Waals surface area contributed by atoms with Gasteiger partial charge in [-0.15, -0.1) is 0 Å². The van der Waals surface area contributed by atoms with Crippen LogP contribution in [0.1, 0.15) is 33.1 Å². The summed E-state index contributed by atoms with van der Waals surface area (Å²) in [6.07, 6.45) is 3.57. The van der Waals surface area contributed by atoms with Crippen LogP contribution in [0.4, 0.5) is 0 Å². The summed E-state index contributed by atoms with van der Waals surface area (Å²) < 4.78 is 0. The molecule has 0 saturated heterocycles. The van der Waals surface area contributed by atoms with Crippen LogP contribution < -0.4 is 5.32 Å². The Morgan fingerprint density at radius 3 is 2.25 bits per heavy atom. The number of hydrogen-bond acceptors (Lipinski definition) is 2. The zero-order chi connectivity index (χ0) is 9.19.